The molecule has 4 aliphatic rings. The summed E-state index contributed by atoms with van der Waals surface area (Å²) in [4.78, 5) is 52.5. The lowest BCUT2D eigenvalue weighted by Crippen LogP contribution is -2.53. The maximum Gasteiger partial charge on any atom is 0.246 e. The number of anilines is 1. The average Bonchev–Trinajstić information content (AvgIpc) is 3.61. The van der Waals surface area contributed by atoms with Crippen molar-refractivity contribution in [1.82, 2.24) is 16.0 Å². The van der Waals surface area contributed by atoms with Crippen molar-refractivity contribution in [2.24, 2.45) is 52.3 Å². The molecule has 3 unspecified atom stereocenters. The molecule has 11 heteroatoms. The zero-order valence-corrected chi connectivity index (χ0v) is 41.0. The number of fused-ring (bicyclic) bond motifs is 5. The van der Waals surface area contributed by atoms with E-state index < -0.39 is 18.0 Å². The van der Waals surface area contributed by atoms with Gasteiger partial charge in [0.05, 0.1) is 12.7 Å². The van der Waals surface area contributed by atoms with E-state index in [1.807, 2.05) is 20.1 Å². The molecule has 4 amide bonds. The lowest BCUT2D eigenvalue weighted by Gasteiger charge is -2.58. The largest absolute Gasteiger partial charge is 0.392 e. The molecule has 0 heterocycles. The third kappa shape index (κ3) is 13.8. The maximum atomic E-state index is 13.5. The van der Waals surface area contributed by atoms with Crippen LogP contribution in [0.2, 0.25) is 0 Å². The molecule has 0 bridgehead atoms. The summed E-state index contributed by atoms with van der Waals surface area (Å²) in [6.07, 6.45) is 20.6. The summed E-state index contributed by atoms with van der Waals surface area (Å²) in [7, 11) is 0. The minimum absolute atomic E-state index is 0.0199. The van der Waals surface area contributed by atoms with Crippen LogP contribution in [0.15, 0.2) is 35.9 Å². The molecule has 0 aliphatic heterocycles. The molecule has 10 atom stereocenters. The first kappa shape index (κ1) is 51.1. The number of aliphatic hydroxyl groups is 1. The highest BCUT2D eigenvalue weighted by Gasteiger charge is 2.59. The van der Waals surface area contributed by atoms with E-state index in [1.54, 1.807) is 41.6 Å². The van der Waals surface area contributed by atoms with Crippen LogP contribution in [0.4, 0.5) is 5.69 Å². The van der Waals surface area contributed by atoms with Gasteiger partial charge in [-0.25, -0.2) is 0 Å². The van der Waals surface area contributed by atoms with Crippen LogP contribution in [-0.4, -0.2) is 72.1 Å². The van der Waals surface area contributed by atoms with Crippen LogP contribution in [0.5, 0.6) is 0 Å². The zero-order valence-electron chi connectivity index (χ0n) is 40.2. The van der Waals surface area contributed by atoms with E-state index in [0.29, 0.717) is 54.7 Å². The predicted molar refractivity (Wildman–Crippen MR) is 257 cm³/mol. The van der Waals surface area contributed by atoms with Gasteiger partial charge in [0.15, 0.2) is 0 Å². The van der Waals surface area contributed by atoms with Gasteiger partial charge in [0.25, 0.3) is 0 Å². The SMILES string of the molecule is CSCCC(NC(=O)C(CC(C)C)NC(=O)CCC(=O)NCCCO[C@H]1CC[C@@]2(C)C(=CC[C@H]3[C@@H]4CC[C@H](C(C)CCCC(C)C)[C@@]4(C)CC[C@@H]32)C1)C(=O)Nc1ccc(CO)cc1. The van der Waals surface area contributed by atoms with Crippen molar-refractivity contribution < 1.29 is 29.0 Å². The minimum Gasteiger partial charge on any atom is -0.392 e. The monoisotopic (exact) mass is 893 g/mol. The molecule has 63 heavy (non-hydrogen) atoms. The number of hydrogen-bond acceptors (Lipinski definition) is 7. The first-order chi connectivity index (χ1) is 30.1. The summed E-state index contributed by atoms with van der Waals surface area (Å²) in [5.74, 6) is 4.41. The number of carbonyl (C=O) groups is 4. The molecule has 3 saturated carbocycles. The Kier molecular flexibility index (Phi) is 19.5. The Morgan fingerprint density at radius 3 is 2.27 bits per heavy atom. The number of rotatable bonds is 24. The van der Waals surface area contributed by atoms with Crippen LogP contribution >= 0.6 is 11.8 Å². The Labute approximate surface area is 384 Å². The van der Waals surface area contributed by atoms with Gasteiger partial charge in [0.1, 0.15) is 12.1 Å². The maximum absolute atomic E-state index is 13.5. The Morgan fingerprint density at radius 1 is 0.825 bits per heavy atom. The van der Waals surface area contributed by atoms with Crippen molar-refractivity contribution in [2.45, 2.75) is 176 Å². The second kappa shape index (κ2) is 24.0. The summed E-state index contributed by atoms with van der Waals surface area (Å²) in [5, 5.41) is 20.8. The fourth-order valence-corrected chi connectivity index (χ4v) is 12.8. The lowest BCUT2D eigenvalue weighted by molar-refractivity contribution is -0.132. The third-order valence-electron chi connectivity index (χ3n) is 15.8. The predicted octanol–water partition coefficient (Wildman–Crippen LogP) is 9.60. The fraction of sp³-hybridized carbons (Fsp3) is 0.769. The molecule has 0 radical (unpaired) electrons. The van der Waals surface area contributed by atoms with Crippen molar-refractivity contribution in [3.05, 3.63) is 41.5 Å². The van der Waals surface area contributed by atoms with Crippen molar-refractivity contribution in [3.63, 3.8) is 0 Å². The van der Waals surface area contributed by atoms with Gasteiger partial charge in [-0.15, -0.1) is 0 Å². The number of benzene rings is 1. The average molecular weight is 893 g/mol. The van der Waals surface area contributed by atoms with Crippen LogP contribution in [0.1, 0.15) is 157 Å². The Bertz CT molecular complexity index is 1680. The van der Waals surface area contributed by atoms with Crippen LogP contribution in [0, 0.1) is 52.3 Å². The Morgan fingerprint density at radius 2 is 1.57 bits per heavy atom. The fourth-order valence-electron chi connectivity index (χ4n) is 12.3. The van der Waals surface area contributed by atoms with E-state index in [4.69, 9.17) is 4.74 Å². The van der Waals surface area contributed by atoms with E-state index in [-0.39, 0.29) is 49.2 Å². The smallest absolute Gasteiger partial charge is 0.246 e. The topological polar surface area (TPSA) is 146 Å². The van der Waals surface area contributed by atoms with Crippen LogP contribution in [0.3, 0.4) is 0 Å². The van der Waals surface area contributed by atoms with E-state index in [0.717, 1.165) is 53.9 Å². The first-order valence-corrected chi connectivity index (χ1v) is 26.1. The Hall–Kier alpha value is -2.89. The molecule has 3 fully saturated rings. The summed E-state index contributed by atoms with van der Waals surface area (Å²) in [5.41, 5.74) is 3.74. The molecule has 354 valence electrons. The van der Waals surface area contributed by atoms with Crippen LogP contribution in [-0.2, 0) is 30.5 Å². The number of carbonyl (C=O) groups excluding carboxylic acids is 4. The highest BCUT2D eigenvalue weighted by Crippen LogP contribution is 2.67. The normalized spacial score (nSPS) is 27.9. The third-order valence-corrected chi connectivity index (χ3v) is 16.5. The quantitative estimate of drug-likeness (QED) is 0.0514. The van der Waals surface area contributed by atoms with Gasteiger partial charge in [0.2, 0.25) is 23.6 Å². The molecule has 5 rings (SSSR count). The number of hydrogen-bond donors (Lipinski definition) is 5. The summed E-state index contributed by atoms with van der Waals surface area (Å²) < 4.78 is 6.44. The van der Waals surface area contributed by atoms with Gasteiger partial charge in [-0.1, -0.05) is 91.5 Å². The second-order valence-electron chi connectivity index (χ2n) is 21.2. The highest BCUT2D eigenvalue weighted by molar-refractivity contribution is 7.98. The number of ether oxygens (including phenoxy) is 1. The number of allylic oxidation sites excluding steroid dienone is 1. The van der Waals surface area contributed by atoms with Gasteiger partial charge in [-0.05, 0) is 153 Å². The first-order valence-electron chi connectivity index (χ1n) is 24.7. The number of aliphatic hydroxyl groups excluding tert-OH is 1. The van der Waals surface area contributed by atoms with E-state index in [1.165, 1.54) is 57.8 Å². The van der Waals surface area contributed by atoms with Crippen LogP contribution < -0.4 is 21.3 Å². The molecule has 5 N–H and O–H groups in total. The standard InChI is InChI=1S/C52H84N4O6S/c1-34(2)11-9-12-36(5)42-19-20-43-41-18-15-38-32-40(23-26-51(38,6)44(41)24-27-52(42,43)7)62-29-10-28-53-47(58)21-22-48(59)55-46(31-35(3)4)50(61)56-45(25-30-63-8)49(60)54-39-16-13-37(33-57)14-17-39/h13-17,34-36,40-46,57H,9-12,18-33H2,1-8H3,(H,53,58)(H,54,60)(H,55,59)(H,56,61)/t36?,40-,41-,42+,43-,44-,45?,46?,51-,52+/m0/s1. The van der Waals surface area contributed by atoms with Crippen LogP contribution in [0.25, 0.3) is 0 Å². The highest BCUT2D eigenvalue weighted by atomic mass is 32.2. The molecule has 0 spiro atoms. The Balaban J connectivity index is 1.01. The molecule has 0 saturated heterocycles. The molecule has 1 aromatic carbocycles. The molecule has 0 aromatic heterocycles. The minimum atomic E-state index is -0.842. The van der Waals surface area contributed by atoms with Crippen molar-refractivity contribution >= 4 is 41.1 Å². The van der Waals surface area contributed by atoms with Gasteiger partial charge >= 0.3 is 0 Å². The second-order valence-corrected chi connectivity index (χ2v) is 22.2. The van der Waals surface area contributed by atoms with Crippen molar-refractivity contribution in [2.75, 3.05) is 30.5 Å². The summed E-state index contributed by atoms with van der Waals surface area (Å²) in [6.45, 7) is 17.5. The van der Waals surface area contributed by atoms with Gasteiger partial charge in [-0.3, -0.25) is 19.2 Å². The molecule has 1 aromatic rings. The number of thioether (sulfide) groups is 1. The van der Waals surface area contributed by atoms with Gasteiger partial charge in [-0.2, -0.15) is 11.8 Å². The zero-order chi connectivity index (χ0) is 45.7. The van der Waals surface area contributed by atoms with Gasteiger partial charge in [0, 0.05) is 31.7 Å². The van der Waals surface area contributed by atoms with Gasteiger partial charge < -0.3 is 31.1 Å². The van der Waals surface area contributed by atoms with E-state index in [9.17, 15) is 24.3 Å². The summed E-state index contributed by atoms with van der Waals surface area (Å²) >= 11 is 1.57. The summed E-state index contributed by atoms with van der Waals surface area (Å²) in [6, 6.07) is 5.23. The molecule has 10 nitrogen and oxygen atoms in total. The number of amides is 4. The molecular formula is C52H84N4O6S. The molecular weight excluding hydrogens is 809 g/mol. The number of nitrogens with one attached hydrogen (secondary N) is 4. The lowest BCUT2D eigenvalue weighted by atomic mass is 9.47. The van der Waals surface area contributed by atoms with E-state index in [2.05, 4.69) is 62.0 Å². The van der Waals surface area contributed by atoms with E-state index >= 15 is 0 Å². The molecule has 4 aliphatic carbocycles. The van der Waals surface area contributed by atoms with Crippen molar-refractivity contribution in [3.8, 4) is 0 Å². The van der Waals surface area contributed by atoms with Crippen molar-refractivity contribution in [1.29, 1.82) is 0 Å².